The summed E-state index contributed by atoms with van der Waals surface area (Å²) in [7, 11) is 0. The fraction of sp³-hybridized carbons (Fsp3) is 0.438. The van der Waals surface area contributed by atoms with Crippen LogP contribution in [0.1, 0.15) is 6.42 Å². The fourth-order valence-electron chi connectivity index (χ4n) is 3.04. The summed E-state index contributed by atoms with van der Waals surface area (Å²) in [6.45, 7) is -0.743. The Labute approximate surface area is 143 Å². The molecule has 5 atom stereocenters. The van der Waals surface area contributed by atoms with Gasteiger partial charge in [0.15, 0.2) is 0 Å². The third-order valence-corrected chi connectivity index (χ3v) is 4.79. The summed E-state index contributed by atoms with van der Waals surface area (Å²) >= 11 is 6.12. The van der Waals surface area contributed by atoms with Gasteiger partial charge >= 0.3 is 0 Å². The van der Waals surface area contributed by atoms with Crippen molar-refractivity contribution >= 4 is 28.3 Å². The summed E-state index contributed by atoms with van der Waals surface area (Å²) in [5.74, 6) is 0.392. The van der Waals surface area contributed by atoms with Gasteiger partial charge in [0.25, 0.3) is 0 Å². The second kappa shape index (κ2) is 6.44. The second-order valence-corrected chi connectivity index (χ2v) is 6.56. The molecule has 3 rings (SSSR count). The van der Waals surface area contributed by atoms with Crippen LogP contribution in [0, 0.1) is 0 Å². The number of aliphatic hydroxyl groups excluding tert-OH is 4. The van der Waals surface area contributed by atoms with Gasteiger partial charge in [-0.3, -0.25) is 0 Å². The van der Waals surface area contributed by atoms with E-state index in [1.807, 2.05) is 12.1 Å². The predicted molar refractivity (Wildman–Crippen MR) is 88.8 cm³/mol. The molecule has 24 heavy (non-hydrogen) atoms. The first-order valence-corrected chi connectivity index (χ1v) is 7.93. The van der Waals surface area contributed by atoms with E-state index in [0.717, 1.165) is 5.39 Å². The highest BCUT2D eigenvalue weighted by Gasteiger charge is 2.51. The van der Waals surface area contributed by atoms with Crippen LogP contribution in [0.5, 0.6) is 0 Å². The van der Waals surface area contributed by atoms with Crippen molar-refractivity contribution in [2.45, 2.75) is 36.4 Å². The lowest BCUT2D eigenvalue weighted by molar-refractivity contribution is -0.201. The van der Waals surface area contributed by atoms with Crippen molar-refractivity contribution in [2.75, 3.05) is 11.9 Å². The van der Waals surface area contributed by atoms with Crippen molar-refractivity contribution < 1.29 is 25.5 Å². The zero-order valence-electron chi connectivity index (χ0n) is 12.7. The highest BCUT2D eigenvalue weighted by atomic mass is 35.5. The van der Waals surface area contributed by atoms with Gasteiger partial charge in [0, 0.05) is 11.8 Å². The van der Waals surface area contributed by atoms with Crippen LogP contribution in [-0.2, 0) is 0 Å². The minimum Gasteiger partial charge on any atom is -0.393 e. The van der Waals surface area contributed by atoms with E-state index >= 15 is 0 Å². The van der Waals surface area contributed by atoms with Gasteiger partial charge in [-0.05, 0) is 18.2 Å². The Morgan fingerprint density at radius 3 is 2.62 bits per heavy atom. The smallest absolute Gasteiger partial charge is 0.127 e. The van der Waals surface area contributed by atoms with Crippen molar-refractivity contribution in [3.05, 3.63) is 35.4 Å². The fourth-order valence-corrected chi connectivity index (χ4v) is 3.26. The maximum Gasteiger partial charge on any atom is 0.127 e. The van der Waals surface area contributed by atoms with Crippen LogP contribution in [0.3, 0.4) is 0 Å². The molecule has 1 heterocycles. The predicted octanol–water partition coefficient (Wildman–Crippen LogP) is -0.122. The molecule has 0 aliphatic heterocycles. The van der Waals surface area contributed by atoms with E-state index in [0.29, 0.717) is 16.4 Å². The molecule has 0 radical (unpaired) electrons. The number of benzene rings is 1. The molecule has 1 aliphatic rings. The molecular formula is C16H19ClN2O5. The van der Waals surface area contributed by atoms with E-state index in [1.165, 1.54) is 0 Å². The Morgan fingerprint density at radius 2 is 1.92 bits per heavy atom. The summed E-state index contributed by atoms with van der Waals surface area (Å²) in [4.78, 5) is 4.38. The van der Waals surface area contributed by atoms with Crippen LogP contribution in [-0.4, -0.2) is 67.1 Å². The monoisotopic (exact) mass is 354 g/mol. The van der Waals surface area contributed by atoms with E-state index in [2.05, 4.69) is 10.3 Å². The van der Waals surface area contributed by atoms with Crippen LogP contribution >= 0.6 is 11.6 Å². The average molecular weight is 355 g/mol. The zero-order valence-corrected chi connectivity index (χ0v) is 13.4. The SMILES string of the molecule is OC[C@@]1(O)C[C@H](Nc2ccc3cccc(Cl)c3n2)[C@H](O)[C@@H](O)[C@@H]1O. The quantitative estimate of drug-likeness (QED) is 0.453. The summed E-state index contributed by atoms with van der Waals surface area (Å²) < 4.78 is 0. The summed E-state index contributed by atoms with van der Waals surface area (Å²) in [5.41, 5.74) is -1.34. The Kier molecular flexibility index (Phi) is 4.65. The third kappa shape index (κ3) is 2.95. The van der Waals surface area contributed by atoms with Crippen LogP contribution in [0.25, 0.3) is 10.9 Å². The van der Waals surface area contributed by atoms with E-state index in [-0.39, 0.29) is 6.42 Å². The molecule has 0 saturated heterocycles. The zero-order chi connectivity index (χ0) is 17.5. The standard InChI is InChI=1S/C16H19ClN2O5/c17-9-3-1-2-8-4-5-11(19-12(8)9)18-10-6-16(24,7-20)15(23)14(22)13(10)21/h1-5,10,13-15,20-24H,6-7H2,(H,18,19)/t10-,13-,14+,15-,16-/m0/s1. The third-order valence-electron chi connectivity index (χ3n) is 4.49. The molecular weight excluding hydrogens is 336 g/mol. The lowest BCUT2D eigenvalue weighted by atomic mass is 9.76. The van der Waals surface area contributed by atoms with Crippen LogP contribution < -0.4 is 5.32 Å². The maximum atomic E-state index is 10.2. The molecule has 1 aromatic heterocycles. The molecule has 2 aromatic rings. The minimum atomic E-state index is -1.91. The van der Waals surface area contributed by atoms with Gasteiger partial charge < -0.3 is 30.8 Å². The average Bonchev–Trinajstić information content (AvgIpc) is 2.58. The molecule has 130 valence electrons. The van der Waals surface area contributed by atoms with Gasteiger partial charge in [-0.15, -0.1) is 0 Å². The Hall–Kier alpha value is -1.48. The number of fused-ring (bicyclic) bond motifs is 1. The van der Waals surface area contributed by atoms with E-state index in [9.17, 15) is 25.5 Å². The molecule has 1 aromatic carbocycles. The van der Waals surface area contributed by atoms with Gasteiger partial charge in [0.05, 0.1) is 23.2 Å². The highest BCUT2D eigenvalue weighted by molar-refractivity contribution is 6.35. The Balaban J connectivity index is 1.88. The van der Waals surface area contributed by atoms with Gasteiger partial charge in [-0.25, -0.2) is 4.98 Å². The summed E-state index contributed by atoms with van der Waals surface area (Å²) in [6, 6.07) is 8.05. The molecule has 0 bridgehead atoms. The van der Waals surface area contributed by atoms with Gasteiger partial charge in [0.1, 0.15) is 29.7 Å². The van der Waals surface area contributed by atoms with Crippen molar-refractivity contribution in [3.8, 4) is 0 Å². The van der Waals surface area contributed by atoms with Crippen molar-refractivity contribution in [2.24, 2.45) is 0 Å². The van der Waals surface area contributed by atoms with Crippen molar-refractivity contribution in [3.63, 3.8) is 0 Å². The van der Waals surface area contributed by atoms with Crippen LogP contribution in [0.4, 0.5) is 5.82 Å². The number of nitrogens with zero attached hydrogens (tertiary/aromatic N) is 1. The number of halogens is 1. The molecule has 0 amide bonds. The molecule has 1 fully saturated rings. The number of hydrogen-bond donors (Lipinski definition) is 6. The van der Waals surface area contributed by atoms with Gasteiger partial charge in [-0.1, -0.05) is 23.7 Å². The number of hydrogen-bond acceptors (Lipinski definition) is 7. The first-order chi connectivity index (χ1) is 11.4. The molecule has 0 spiro atoms. The first kappa shape index (κ1) is 17.3. The first-order valence-electron chi connectivity index (χ1n) is 7.55. The molecule has 1 saturated carbocycles. The Morgan fingerprint density at radius 1 is 1.17 bits per heavy atom. The van der Waals surface area contributed by atoms with Crippen molar-refractivity contribution in [1.82, 2.24) is 4.98 Å². The second-order valence-electron chi connectivity index (χ2n) is 6.15. The lowest BCUT2D eigenvalue weighted by Crippen LogP contribution is -2.65. The number of aliphatic hydroxyl groups is 5. The lowest BCUT2D eigenvalue weighted by Gasteiger charge is -2.45. The topological polar surface area (TPSA) is 126 Å². The van der Waals surface area contributed by atoms with Crippen LogP contribution in [0.2, 0.25) is 5.02 Å². The molecule has 0 unspecified atom stereocenters. The molecule has 7 nitrogen and oxygen atoms in total. The number of rotatable bonds is 3. The normalized spacial score (nSPS) is 33.6. The number of pyridine rings is 1. The number of anilines is 1. The highest BCUT2D eigenvalue weighted by Crippen LogP contribution is 2.31. The minimum absolute atomic E-state index is 0.162. The van der Waals surface area contributed by atoms with E-state index < -0.39 is 36.6 Å². The van der Waals surface area contributed by atoms with Crippen LogP contribution in [0.15, 0.2) is 30.3 Å². The number of nitrogens with one attached hydrogen (secondary N) is 1. The number of aromatic nitrogens is 1. The van der Waals surface area contributed by atoms with Crippen molar-refractivity contribution in [1.29, 1.82) is 0 Å². The molecule has 6 N–H and O–H groups in total. The maximum absolute atomic E-state index is 10.2. The van der Waals surface area contributed by atoms with Gasteiger partial charge in [0.2, 0.25) is 0 Å². The molecule has 1 aliphatic carbocycles. The molecule has 8 heteroatoms. The van der Waals surface area contributed by atoms with E-state index in [4.69, 9.17) is 11.6 Å². The van der Waals surface area contributed by atoms with E-state index in [1.54, 1.807) is 18.2 Å². The van der Waals surface area contributed by atoms with Gasteiger partial charge in [-0.2, -0.15) is 0 Å². The number of para-hydroxylation sites is 1. The Bertz CT molecular complexity index is 745. The summed E-state index contributed by atoms with van der Waals surface area (Å²) in [6.07, 6.45) is -4.74. The largest absolute Gasteiger partial charge is 0.393 e. The summed E-state index contributed by atoms with van der Waals surface area (Å²) in [5, 5.41) is 53.7.